The van der Waals surface area contributed by atoms with Gasteiger partial charge in [0, 0.05) is 19.2 Å². The number of likely N-dealkylation sites (tertiary alicyclic amines) is 1. The summed E-state index contributed by atoms with van der Waals surface area (Å²) in [6.45, 7) is 2.32. The van der Waals surface area contributed by atoms with Crippen LogP contribution in [0.25, 0.3) is 0 Å². The predicted octanol–water partition coefficient (Wildman–Crippen LogP) is 2.49. The molecule has 1 unspecified atom stereocenters. The van der Waals surface area contributed by atoms with E-state index in [1.54, 1.807) is 6.08 Å². The summed E-state index contributed by atoms with van der Waals surface area (Å²) >= 11 is 0. The first-order chi connectivity index (χ1) is 11.1. The third-order valence-electron chi connectivity index (χ3n) is 4.73. The van der Waals surface area contributed by atoms with Gasteiger partial charge >= 0.3 is 0 Å². The molecule has 3 rings (SSSR count). The van der Waals surface area contributed by atoms with Crippen LogP contribution in [0.1, 0.15) is 24.8 Å². The Bertz CT molecular complexity index is 597. The van der Waals surface area contributed by atoms with E-state index in [-0.39, 0.29) is 11.5 Å². The second kappa shape index (κ2) is 6.75. The van der Waals surface area contributed by atoms with Crippen molar-refractivity contribution in [1.82, 2.24) is 9.80 Å². The number of fused-ring (bicyclic) bond motifs is 1. The van der Waals surface area contributed by atoms with Gasteiger partial charge in [0.05, 0.1) is 6.54 Å². The molecule has 23 heavy (non-hydrogen) atoms. The maximum absolute atomic E-state index is 12.4. The summed E-state index contributed by atoms with van der Waals surface area (Å²) in [4.78, 5) is 16.4. The highest BCUT2D eigenvalue weighted by atomic mass is 16.5. The minimum atomic E-state index is -0.197. The van der Waals surface area contributed by atoms with Gasteiger partial charge in [-0.1, -0.05) is 24.3 Å². The number of likely N-dealkylation sites (N-methyl/N-ethyl adjacent to an activating group) is 1. The van der Waals surface area contributed by atoms with Crippen LogP contribution in [-0.4, -0.2) is 55.0 Å². The number of rotatable bonds is 3. The maximum atomic E-state index is 12.4. The number of carbonyl (C=O) groups excluding carboxylic acids is 1. The van der Waals surface area contributed by atoms with Gasteiger partial charge in [-0.3, -0.25) is 4.79 Å². The van der Waals surface area contributed by atoms with Gasteiger partial charge in [-0.2, -0.15) is 0 Å². The fraction of sp³-hybridized carbons (Fsp3) is 0.526. The summed E-state index contributed by atoms with van der Waals surface area (Å²) < 4.78 is 6.36. The molecule has 0 radical (unpaired) electrons. The third kappa shape index (κ3) is 3.75. The van der Waals surface area contributed by atoms with Crippen LogP contribution in [0.15, 0.2) is 36.4 Å². The Morgan fingerprint density at radius 1 is 1.35 bits per heavy atom. The average molecular weight is 314 g/mol. The van der Waals surface area contributed by atoms with E-state index in [2.05, 4.69) is 12.1 Å². The van der Waals surface area contributed by atoms with Gasteiger partial charge in [0.15, 0.2) is 0 Å². The van der Waals surface area contributed by atoms with E-state index in [9.17, 15) is 4.79 Å². The highest BCUT2D eigenvalue weighted by molar-refractivity contribution is 5.87. The number of carbonyl (C=O) groups is 1. The monoisotopic (exact) mass is 314 g/mol. The van der Waals surface area contributed by atoms with Crippen molar-refractivity contribution in [2.75, 3.05) is 33.7 Å². The van der Waals surface area contributed by atoms with Gasteiger partial charge in [-0.15, -0.1) is 0 Å². The zero-order valence-corrected chi connectivity index (χ0v) is 14.1. The van der Waals surface area contributed by atoms with E-state index < -0.39 is 0 Å². The smallest absolute Gasteiger partial charge is 0.246 e. The van der Waals surface area contributed by atoms with Crippen LogP contribution in [0.2, 0.25) is 0 Å². The molecule has 1 aromatic carbocycles. The lowest BCUT2D eigenvalue weighted by Crippen LogP contribution is -2.54. The molecule has 2 heterocycles. The van der Waals surface area contributed by atoms with Gasteiger partial charge in [0.25, 0.3) is 0 Å². The molecular formula is C19H26N2O2. The highest BCUT2D eigenvalue weighted by Crippen LogP contribution is 2.38. The Morgan fingerprint density at radius 2 is 2.17 bits per heavy atom. The number of nitrogens with zero attached hydrogens (tertiary/aromatic N) is 2. The zero-order chi connectivity index (χ0) is 16.3. The average Bonchev–Trinajstić information content (AvgIpc) is 2.54. The van der Waals surface area contributed by atoms with Crippen LogP contribution < -0.4 is 4.74 Å². The minimum Gasteiger partial charge on any atom is -0.485 e. The molecule has 0 N–H and O–H groups in total. The van der Waals surface area contributed by atoms with Crippen molar-refractivity contribution in [1.29, 1.82) is 0 Å². The fourth-order valence-electron chi connectivity index (χ4n) is 3.50. The molecule has 1 spiro atoms. The molecule has 1 amide bonds. The van der Waals surface area contributed by atoms with E-state index >= 15 is 0 Å². The molecule has 0 aromatic heterocycles. The molecule has 1 atom stereocenters. The molecule has 0 bridgehead atoms. The quantitative estimate of drug-likeness (QED) is 0.804. The summed E-state index contributed by atoms with van der Waals surface area (Å²) in [5, 5.41) is 0. The lowest BCUT2D eigenvalue weighted by atomic mass is 9.84. The van der Waals surface area contributed by atoms with Crippen molar-refractivity contribution < 1.29 is 9.53 Å². The Hall–Kier alpha value is -1.81. The van der Waals surface area contributed by atoms with Gasteiger partial charge in [-0.05, 0) is 51.4 Å². The molecule has 4 heteroatoms. The summed E-state index contributed by atoms with van der Waals surface area (Å²) in [6.07, 6.45) is 7.71. The minimum absolute atomic E-state index is 0.105. The number of hydrogen-bond acceptors (Lipinski definition) is 3. The second-order valence-electron chi connectivity index (χ2n) is 6.92. The van der Waals surface area contributed by atoms with Crippen molar-refractivity contribution in [3.8, 4) is 5.75 Å². The second-order valence-corrected chi connectivity index (χ2v) is 6.92. The predicted molar refractivity (Wildman–Crippen MR) is 91.6 cm³/mol. The molecule has 1 fully saturated rings. The fourth-order valence-corrected chi connectivity index (χ4v) is 3.50. The van der Waals surface area contributed by atoms with E-state index in [0.717, 1.165) is 44.5 Å². The number of hydrogen-bond donors (Lipinski definition) is 0. The summed E-state index contributed by atoms with van der Waals surface area (Å²) in [7, 11) is 4.00. The van der Waals surface area contributed by atoms with Crippen LogP contribution in [0, 0.1) is 0 Å². The van der Waals surface area contributed by atoms with Crippen LogP contribution in [0.4, 0.5) is 0 Å². The molecule has 2 aliphatic rings. The maximum Gasteiger partial charge on any atom is 0.246 e. The first kappa shape index (κ1) is 16.1. The molecule has 0 saturated carbocycles. The lowest BCUT2D eigenvalue weighted by Gasteiger charge is -2.45. The van der Waals surface area contributed by atoms with Crippen molar-refractivity contribution >= 4 is 5.91 Å². The largest absolute Gasteiger partial charge is 0.485 e. The summed E-state index contributed by atoms with van der Waals surface area (Å²) in [5.74, 6) is 1.10. The van der Waals surface area contributed by atoms with Gasteiger partial charge in [0.2, 0.25) is 5.91 Å². The van der Waals surface area contributed by atoms with Gasteiger partial charge < -0.3 is 14.5 Å². The SMILES string of the molecule is CN(C)C/C=C/C(=O)N1CCCC2(CCc3ccccc3O2)C1. The highest BCUT2D eigenvalue weighted by Gasteiger charge is 2.41. The summed E-state index contributed by atoms with van der Waals surface area (Å²) in [5.41, 5.74) is 1.09. The molecule has 2 aliphatic heterocycles. The van der Waals surface area contributed by atoms with Crippen molar-refractivity contribution in [2.45, 2.75) is 31.3 Å². The van der Waals surface area contributed by atoms with Crippen molar-refractivity contribution in [2.24, 2.45) is 0 Å². The normalized spacial score (nSPS) is 24.0. The topological polar surface area (TPSA) is 32.8 Å². The van der Waals surface area contributed by atoms with E-state index in [4.69, 9.17) is 4.74 Å². The summed E-state index contributed by atoms with van der Waals surface area (Å²) in [6, 6.07) is 8.27. The van der Waals surface area contributed by atoms with E-state index in [1.165, 1.54) is 5.56 Å². The van der Waals surface area contributed by atoms with E-state index in [1.807, 2.05) is 42.1 Å². The Kier molecular flexibility index (Phi) is 4.71. The molecular weight excluding hydrogens is 288 g/mol. The van der Waals surface area contributed by atoms with Crippen molar-refractivity contribution in [3.63, 3.8) is 0 Å². The van der Waals surface area contributed by atoms with Gasteiger partial charge in [-0.25, -0.2) is 0 Å². The number of amides is 1. The lowest BCUT2D eigenvalue weighted by molar-refractivity contribution is -0.132. The third-order valence-corrected chi connectivity index (χ3v) is 4.73. The van der Waals surface area contributed by atoms with Crippen LogP contribution in [0.5, 0.6) is 5.75 Å². The van der Waals surface area contributed by atoms with Crippen molar-refractivity contribution in [3.05, 3.63) is 42.0 Å². The first-order valence-corrected chi connectivity index (χ1v) is 8.45. The molecule has 4 nitrogen and oxygen atoms in total. The van der Waals surface area contributed by atoms with Gasteiger partial charge in [0.1, 0.15) is 11.4 Å². The molecule has 1 aromatic rings. The number of benzene rings is 1. The van der Waals surface area contributed by atoms with Crippen LogP contribution in [0.3, 0.4) is 0 Å². The number of ether oxygens (including phenoxy) is 1. The van der Waals surface area contributed by atoms with E-state index in [0.29, 0.717) is 6.54 Å². The molecule has 124 valence electrons. The van der Waals surface area contributed by atoms with Crippen LogP contribution in [-0.2, 0) is 11.2 Å². The number of piperidine rings is 1. The standard InChI is InChI=1S/C19H26N2O2/c1-20(2)13-5-9-18(22)21-14-6-11-19(15-21)12-10-16-7-3-4-8-17(16)23-19/h3-5,7-9H,6,10-15H2,1-2H3/b9-5+. The molecule has 0 aliphatic carbocycles. The number of aryl methyl sites for hydroxylation is 1. The zero-order valence-electron chi connectivity index (χ0n) is 14.1. The Balaban J connectivity index is 1.67. The number of para-hydroxylation sites is 1. The first-order valence-electron chi connectivity index (χ1n) is 8.45. The Morgan fingerprint density at radius 3 is 3.00 bits per heavy atom. The molecule has 1 saturated heterocycles. The Labute approximate surface area is 138 Å². The van der Waals surface area contributed by atoms with Crippen LogP contribution >= 0.6 is 0 Å².